The van der Waals surface area contributed by atoms with Crippen LogP contribution in [-0.4, -0.2) is 10.9 Å². The Kier molecular flexibility index (Phi) is 4.70. The minimum atomic E-state index is -0.0448. The number of rotatable bonds is 2. The van der Waals surface area contributed by atoms with Gasteiger partial charge in [-0.15, -0.1) is 0 Å². The van der Waals surface area contributed by atoms with Gasteiger partial charge in [-0.05, 0) is 57.8 Å². The van der Waals surface area contributed by atoms with E-state index in [1.807, 2.05) is 60.7 Å². The van der Waals surface area contributed by atoms with Crippen LogP contribution in [0, 0.1) is 0 Å². The van der Waals surface area contributed by atoms with Crippen LogP contribution in [0.15, 0.2) is 97.1 Å². The van der Waals surface area contributed by atoms with Crippen LogP contribution in [-0.2, 0) is 11.2 Å². The number of nitrogens with zero attached hydrogens (tertiary/aromatic N) is 1. The van der Waals surface area contributed by atoms with E-state index >= 15 is 0 Å². The fourth-order valence-electron chi connectivity index (χ4n) is 4.51. The van der Waals surface area contributed by atoms with Crippen LogP contribution in [0.3, 0.4) is 0 Å². The average molecular weight is 447 g/mol. The SMILES string of the molecule is O=C1Cc2c(-c3ccc(Cl)cc3)cc(-c3ccc4ccccc4c3)nc2-c2ccccc2N1. The number of anilines is 1. The number of amides is 1. The summed E-state index contributed by atoms with van der Waals surface area (Å²) in [7, 11) is 0. The van der Waals surface area contributed by atoms with Crippen molar-refractivity contribution in [3.63, 3.8) is 0 Å². The lowest BCUT2D eigenvalue weighted by Gasteiger charge is -2.16. The zero-order valence-corrected chi connectivity index (χ0v) is 18.4. The summed E-state index contributed by atoms with van der Waals surface area (Å²) in [4.78, 5) is 17.9. The van der Waals surface area contributed by atoms with Crippen LogP contribution in [0.1, 0.15) is 5.56 Å². The van der Waals surface area contributed by atoms with Crippen molar-refractivity contribution < 1.29 is 4.79 Å². The van der Waals surface area contributed by atoms with Crippen LogP contribution in [0.2, 0.25) is 5.02 Å². The molecule has 0 radical (unpaired) electrons. The topological polar surface area (TPSA) is 42.0 Å². The molecule has 4 heteroatoms. The largest absolute Gasteiger partial charge is 0.325 e. The first-order chi connectivity index (χ1) is 16.2. The molecule has 33 heavy (non-hydrogen) atoms. The quantitative estimate of drug-likeness (QED) is 0.307. The molecule has 0 atom stereocenters. The highest BCUT2D eigenvalue weighted by atomic mass is 35.5. The Hall–Kier alpha value is -3.95. The highest BCUT2D eigenvalue weighted by Gasteiger charge is 2.24. The summed E-state index contributed by atoms with van der Waals surface area (Å²) in [6.07, 6.45) is 0.257. The maximum atomic E-state index is 12.8. The first-order valence-corrected chi connectivity index (χ1v) is 11.2. The van der Waals surface area contributed by atoms with Gasteiger partial charge >= 0.3 is 0 Å². The monoisotopic (exact) mass is 446 g/mol. The third kappa shape index (κ3) is 3.57. The molecule has 4 aromatic carbocycles. The molecule has 1 amide bonds. The molecule has 0 aliphatic carbocycles. The zero-order chi connectivity index (χ0) is 22.4. The number of pyridine rings is 1. The summed E-state index contributed by atoms with van der Waals surface area (Å²) in [5, 5.41) is 6.07. The number of carbonyl (C=O) groups is 1. The van der Waals surface area contributed by atoms with Crippen LogP contribution < -0.4 is 5.32 Å². The van der Waals surface area contributed by atoms with E-state index in [-0.39, 0.29) is 12.3 Å². The number of hydrogen-bond donors (Lipinski definition) is 1. The normalized spacial score (nSPS) is 12.6. The molecule has 1 aromatic heterocycles. The Balaban J connectivity index is 1.65. The van der Waals surface area contributed by atoms with E-state index in [2.05, 4.69) is 41.7 Å². The van der Waals surface area contributed by atoms with Gasteiger partial charge in [-0.1, -0.05) is 78.3 Å². The second-order valence-electron chi connectivity index (χ2n) is 8.22. The van der Waals surface area contributed by atoms with Crippen molar-refractivity contribution in [1.29, 1.82) is 0 Å². The van der Waals surface area contributed by atoms with E-state index in [1.165, 1.54) is 5.39 Å². The van der Waals surface area contributed by atoms with E-state index in [0.717, 1.165) is 50.3 Å². The van der Waals surface area contributed by atoms with Gasteiger partial charge in [0.1, 0.15) is 0 Å². The average Bonchev–Trinajstić information content (AvgIpc) is 2.99. The summed E-state index contributed by atoms with van der Waals surface area (Å²) >= 11 is 6.16. The van der Waals surface area contributed by atoms with Gasteiger partial charge in [-0.25, -0.2) is 4.98 Å². The second kappa shape index (κ2) is 7.88. The molecule has 1 N–H and O–H groups in total. The lowest BCUT2D eigenvalue weighted by atomic mass is 9.92. The van der Waals surface area contributed by atoms with E-state index in [1.54, 1.807) is 0 Å². The van der Waals surface area contributed by atoms with Crippen LogP contribution in [0.5, 0.6) is 0 Å². The first kappa shape index (κ1) is 19.7. The maximum absolute atomic E-state index is 12.8. The molecule has 1 aliphatic heterocycles. The summed E-state index contributed by atoms with van der Waals surface area (Å²) in [6.45, 7) is 0. The molecule has 0 saturated carbocycles. The lowest BCUT2D eigenvalue weighted by Crippen LogP contribution is -2.13. The highest BCUT2D eigenvalue weighted by Crippen LogP contribution is 2.40. The van der Waals surface area contributed by atoms with Crippen molar-refractivity contribution in [2.75, 3.05) is 5.32 Å². The molecule has 2 heterocycles. The molecule has 3 nitrogen and oxygen atoms in total. The van der Waals surface area contributed by atoms with Crippen molar-refractivity contribution in [1.82, 2.24) is 4.98 Å². The molecule has 0 fully saturated rings. The van der Waals surface area contributed by atoms with Gasteiger partial charge in [-0.2, -0.15) is 0 Å². The predicted octanol–water partition coefficient (Wildman–Crippen LogP) is 7.38. The third-order valence-corrected chi connectivity index (χ3v) is 6.37. The number of aromatic nitrogens is 1. The fraction of sp³-hybridized carbons (Fsp3) is 0.0345. The standard InChI is InChI=1S/C29H19ClN2O/c30-22-13-11-19(12-14-22)24-16-27(21-10-9-18-5-1-2-6-20(18)15-21)32-29-23-7-3-4-8-26(23)31-28(33)17-25(24)29/h1-16H,17H2,(H,31,33). The molecular weight excluding hydrogens is 428 g/mol. The van der Waals surface area contributed by atoms with Gasteiger partial charge in [0.05, 0.1) is 23.5 Å². The number of hydrogen-bond acceptors (Lipinski definition) is 2. The number of halogens is 1. The van der Waals surface area contributed by atoms with Gasteiger partial charge in [-0.3, -0.25) is 4.79 Å². The van der Waals surface area contributed by atoms with Crippen LogP contribution in [0.25, 0.3) is 44.4 Å². The number of para-hydroxylation sites is 1. The third-order valence-electron chi connectivity index (χ3n) is 6.12. The Morgan fingerprint density at radius 1 is 0.727 bits per heavy atom. The zero-order valence-electron chi connectivity index (χ0n) is 17.7. The summed E-state index contributed by atoms with van der Waals surface area (Å²) in [5.41, 5.74) is 7.37. The van der Waals surface area contributed by atoms with Gasteiger partial charge in [0.2, 0.25) is 5.91 Å². The molecule has 6 rings (SSSR count). The van der Waals surface area contributed by atoms with Crippen molar-refractivity contribution >= 4 is 34.0 Å². The van der Waals surface area contributed by atoms with Crippen molar-refractivity contribution in [2.45, 2.75) is 6.42 Å². The van der Waals surface area contributed by atoms with Crippen molar-refractivity contribution in [3.05, 3.63) is 108 Å². The Labute approximate surface area is 196 Å². The number of benzene rings is 4. The number of nitrogens with one attached hydrogen (secondary N) is 1. The Morgan fingerprint density at radius 2 is 1.45 bits per heavy atom. The molecule has 0 unspecified atom stereocenters. The van der Waals surface area contributed by atoms with Gasteiger partial charge in [0.25, 0.3) is 0 Å². The highest BCUT2D eigenvalue weighted by molar-refractivity contribution is 6.30. The molecule has 0 spiro atoms. The second-order valence-corrected chi connectivity index (χ2v) is 8.66. The molecular formula is C29H19ClN2O. The minimum absolute atomic E-state index is 0.0448. The first-order valence-electron chi connectivity index (χ1n) is 10.8. The van der Waals surface area contributed by atoms with Gasteiger partial charge in [0.15, 0.2) is 0 Å². The lowest BCUT2D eigenvalue weighted by molar-refractivity contribution is -0.115. The van der Waals surface area contributed by atoms with Crippen LogP contribution >= 0.6 is 11.6 Å². The van der Waals surface area contributed by atoms with E-state index in [0.29, 0.717) is 5.02 Å². The van der Waals surface area contributed by atoms with Crippen molar-refractivity contribution in [3.8, 4) is 33.6 Å². The Morgan fingerprint density at radius 3 is 2.30 bits per heavy atom. The fourth-order valence-corrected chi connectivity index (χ4v) is 4.64. The number of fused-ring (bicyclic) bond motifs is 4. The molecule has 1 aliphatic rings. The minimum Gasteiger partial charge on any atom is -0.325 e. The van der Waals surface area contributed by atoms with Crippen molar-refractivity contribution in [2.24, 2.45) is 0 Å². The van der Waals surface area contributed by atoms with E-state index < -0.39 is 0 Å². The van der Waals surface area contributed by atoms with Gasteiger partial charge in [0, 0.05) is 16.1 Å². The smallest absolute Gasteiger partial charge is 0.228 e. The van der Waals surface area contributed by atoms with E-state index in [9.17, 15) is 4.79 Å². The molecule has 158 valence electrons. The predicted molar refractivity (Wildman–Crippen MR) is 135 cm³/mol. The molecule has 5 aromatic rings. The molecule has 0 saturated heterocycles. The summed E-state index contributed by atoms with van der Waals surface area (Å²) < 4.78 is 0. The number of carbonyl (C=O) groups excluding carboxylic acids is 1. The van der Waals surface area contributed by atoms with Gasteiger partial charge < -0.3 is 5.32 Å². The van der Waals surface area contributed by atoms with E-state index in [4.69, 9.17) is 16.6 Å². The van der Waals surface area contributed by atoms with Crippen LogP contribution in [0.4, 0.5) is 5.69 Å². The molecule has 0 bridgehead atoms. The summed E-state index contributed by atoms with van der Waals surface area (Å²) in [6, 6.07) is 32.4. The summed E-state index contributed by atoms with van der Waals surface area (Å²) in [5.74, 6) is -0.0448. The maximum Gasteiger partial charge on any atom is 0.228 e. The Bertz CT molecular complexity index is 1540.